The van der Waals surface area contributed by atoms with Gasteiger partial charge in [-0.3, -0.25) is 19.3 Å². The Hall–Kier alpha value is -4.12. The lowest BCUT2D eigenvalue weighted by Crippen LogP contribution is -2.70. The van der Waals surface area contributed by atoms with Crippen LogP contribution in [0.15, 0.2) is 125 Å². The lowest BCUT2D eigenvalue weighted by Gasteiger charge is -2.49. The van der Waals surface area contributed by atoms with Gasteiger partial charge in [-0.25, -0.2) is 4.79 Å². The molecule has 0 aliphatic carbocycles. The number of carbonyl (C=O) groups excluding carboxylic acids is 4. The average Bonchev–Trinajstić information content (AvgIpc) is 3.56. The fourth-order valence-electron chi connectivity index (χ4n) is 4.97. The smallest absolute Gasteiger partial charge is 0.356 e. The quantitative estimate of drug-likeness (QED) is 0.147. The maximum atomic E-state index is 14.1. The van der Waals surface area contributed by atoms with Gasteiger partial charge in [-0.15, -0.1) is 23.1 Å². The van der Waals surface area contributed by atoms with Crippen LogP contribution < -0.4 is 5.32 Å². The van der Waals surface area contributed by atoms with Gasteiger partial charge in [-0.2, -0.15) is 0 Å². The minimum Gasteiger partial charge on any atom is -0.448 e. The lowest BCUT2D eigenvalue weighted by atomic mass is 10.0. The molecule has 6 rings (SSSR count). The Morgan fingerprint density at radius 1 is 0.884 bits per heavy atom. The van der Waals surface area contributed by atoms with E-state index in [4.69, 9.17) is 4.74 Å². The first kappa shape index (κ1) is 29.0. The van der Waals surface area contributed by atoms with Crippen molar-refractivity contribution in [2.24, 2.45) is 0 Å². The fraction of sp³-hybridized carbons (Fsp3) is 0.152. The van der Waals surface area contributed by atoms with Gasteiger partial charge in [0, 0.05) is 21.1 Å². The van der Waals surface area contributed by atoms with E-state index < -0.39 is 29.4 Å². The standard InChI is InChI=1S/C33H26N2O5S3/c36-26(19-24-17-10-18-41-24)34-27-30(37)35-28(25(20-42-31(27)35)33(39)43-23-15-8-3-9-16-23)32(38)40-29(21-11-4-1-5-12-21)22-13-6-2-7-14-22/h1-18,27,29,31H,19-20H2,(H,34,36)/t27?,31-/m1/s1. The summed E-state index contributed by atoms with van der Waals surface area (Å²) >= 11 is 3.82. The molecule has 1 N–H and O–H groups in total. The third kappa shape index (κ3) is 6.31. The Balaban J connectivity index is 1.30. The highest BCUT2D eigenvalue weighted by atomic mass is 32.2. The number of amides is 2. The molecular weight excluding hydrogens is 601 g/mol. The summed E-state index contributed by atoms with van der Waals surface area (Å²) in [6, 6.07) is 30.7. The number of hydrogen-bond acceptors (Lipinski definition) is 8. The molecule has 43 heavy (non-hydrogen) atoms. The number of benzene rings is 3. The predicted molar refractivity (Wildman–Crippen MR) is 168 cm³/mol. The third-order valence-electron chi connectivity index (χ3n) is 7.02. The number of ether oxygens (including phenoxy) is 1. The number of fused-ring (bicyclic) bond motifs is 1. The Morgan fingerprint density at radius 3 is 2.12 bits per heavy atom. The van der Waals surface area contributed by atoms with Crippen LogP contribution in [0.1, 0.15) is 22.1 Å². The van der Waals surface area contributed by atoms with Crippen LogP contribution in [0.25, 0.3) is 0 Å². The van der Waals surface area contributed by atoms with E-state index in [0.29, 0.717) is 0 Å². The predicted octanol–water partition coefficient (Wildman–Crippen LogP) is 5.60. The number of rotatable bonds is 9. The van der Waals surface area contributed by atoms with Gasteiger partial charge in [-0.05, 0) is 46.5 Å². The van der Waals surface area contributed by atoms with E-state index in [9.17, 15) is 19.2 Å². The molecule has 0 radical (unpaired) electrons. The molecule has 0 bridgehead atoms. The van der Waals surface area contributed by atoms with Gasteiger partial charge < -0.3 is 10.1 Å². The molecule has 216 valence electrons. The van der Waals surface area contributed by atoms with Gasteiger partial charge in [0.1, 0.15) is 17.1 Å². The monoisotopic (exact) mass is 626 g/mol. The molecule has 3 heterocycles. The summed E-state index contributed by atoms with van der Waals surface area (Å²) in [6.45, 7) is 0. The molecule has 1 saturated heterocycles. The van der Waals surface area contributed by atoms with Gasteiger partial charge in [-0.1, -0.05) is 84.9 Å². The average molecular weight is 627 g/mol. The molecule has 2 aliphatic rings. The van der Waals surface area contributed by atoms with Crippen molar-refractivity contribution >= 4 is 57.8 Å². The van der Waals surface area contributed by atoms with E-state index in [1.54, 1.807) is 0 Å². The molecule has 1 fully saturated rings. The van der Waals surface area contributed by atoms with Crippen molar-refractivity contribution in [3.8, 4) is 0 Å². The first-order valence-corrected chi connectivity index (χ1v) is 16.3. The van der Waals surface area contributed by atoms with Crippen molar-refractivity contribution in [2.75, 3.05) is 5.75 Å². The highest BCUT2D eigenvalue weighted by Gasteiger charge is 2.55. The number of carbonyl (C=O) groups is 4. The van der Waals surface area contributed by atoms with Gasteiger partial charge in [0.2, 0.25) is 11.0 Å². The molecule has 2 aliphatic heterocycles. The Morgan fingerprint density at radius 2 is 1.51 bits per heavy atom. The van der Waals surface area contributed by atoms with Crippen molar-refractivity contribution in [3.05, 3.63) is 136 Å². The summed E-state index contributed by atoms with van der Waals surface area (Å²) in [4.78, 5) is 56.9. The number of esters is 1. The first-order chi connectivity index (χ1) is 21.0. The van der Waals surface area contributed by atoms with Crippen molar-refractivity contribution in [2.45, 2.75) is 28.8 Å². The summed E-state index contributed by atoms with van der Waals surface area (Å²) in [5, 5.41) is 3.85. The Bertz CT molecular complexity index is 1620. The minimum atomic E-state index is -0.808. The Kier molecular flexibility index (Phi) is 8.78. The highest BCUT2D eigenvalue weighted by Crippen LogP contribution is 2.43. The second-order valence-corrected chi connectivity index (χ2v) is 13.0. The molecule has 0 saturated carbocycles. The summed E-state index contributed by atoms with van der Waals surface area (Å²) in [5.74, 6) is -1.30. The number of hydrogen-bond donors (Lipinski definition) is 1. The van der Waals surface area contributed by atoms with E-state index >= 15 is 0 Å². The van der Waals surface area contributed by atoms with Crippen LogP contribution in [-0.2, 0) is 30.3 Å². The summed E-state index contributed by atoms with van der Waals surface area (Å²) in [7, 11) is 0. The SMILES string of the molecule is O=C(Cc1cccs1)NC1C(=O)N2C(C(=O)OC(c3ccccc3)c3ccccc3)=C(C(=O)Sc3ccccc3)CS[C@H]12. The van der Waals surface area contributed by atoms with Crippen molar-refractivity contribution in [1.82, 2.24) is 10.2 Å². The molecule has 2 amide bonds. The van der Waals surface area contributed by atoms with Gasteiger partial charge >= 0.3 is 5.97 Å². The summed E-state index contributed by atoms with van der Waals surface area (Å²) in [6.07, 6.45) is -0.595. The fourth-order valence-corrected chi connectivity index (χ4v) is 7.90. The van der Waals surface area contributed by atoms with E-state index in [-0.39, 0.29) is 34.5 Å². The zero-order valence-electron chi connectivity index (χ0n) is 22.8. The molecule has 2 atom stereocenters. The van der Waals surface area contributed by atoms with Gasteiger partial charge in [0.15, 0.2) is 6.10 Å². The second-order valence-electron chi connectivity index (χ2n) is 9.85. The van der Waals surface area contributed by atoms with E-state index in [1.807, 2.05) is 109 Å². The first-order valence-electron chi connectivity index (χ1n) is 13.6. The Labute approximate surface area is 261 Å². The number of nitrogens with one attached hydrogen (secondary N) is 1. The van der Waals surface area contributed by atoms with Crippen LogP contribution >= 0.6 is 34.9 Å². The molecule has 10 heteroatoms. The van der Waals surface area contributed by atoms with Crippen LogP contribution in [0.5, 0.6) is 0 Å². The van der Waals surface area contributed by atoms with Crippen molar-refractivity contribution in [3.63, 3.8) is 0 Å². The number of thiophene rings is 1. The maximum absolute atomic E-state index is 14.1. The molecule has 1 aromatic heterocycles. The zero-order valence-corrected chi connectivity index (χ0v) is 25.2. The van der Waals surface area contributed by atoms with E-state index in [1.165, 1.54) is 28.0 Å². The van der Waals surface area contributed by atoms with Crippen LogP contribution in [0.2, 0.25) is 0 Å². The molecule has 0 spiro atoms. The van der Waals surface area contributed by atoms with Gasteiger partial charge in [0.05, 0.1) is 6.42 Å². The van der Waals surface area contributed by atoms with Crippen LogP contribution in [-0.4, -0.2) is 45.0 Å². The van der Waals surface area contributed by atoms with E-state index in [0.717, 1.165) is 32.7 Å². The van der Waals surface area contributed by atoms with E-state index in [2.05, 4.69) is 5.32 Å². The minimum absolute atomic E-state index is 0.0669. The lowest BCUT2D eigenvalue weighted by molar-refractivity contribution is -0.154. The largest absolute Gasteiger partial charge is 0.448 e. The molecule has 1 unspecified atom stereocenters. The van der Waals surface area contributed by atoms with Crippen LogP contribution in [0.3, 0.4) is 0 Å². The maximum Gasteiger partial charge on any atom is 0.356 e. The number of β-lactam (4-membered cyclic amide) rings is 1. The van der Waals surface area contributed by atoms with Crippen LogP contribution in [0.4, 0.5) is 0 Å². The molecule has 4 aromatic rings. The molecule has 3 aromatic carbocycles. The molecular formula is C33H26N2O5S3. The summed E-state index contributed by atoms with van der Waals surface area (Å²) < 4.78 is 6.13. The molecule has 7 nitrogen and oxygen atoms in total. The zero-order chi connectivity index (χ0) is 29.8. The van der Waals surface area contributed by atoms with Gasteiger partial charge in [0.25, 0.3) is 5.91 Å². The number of thioether (sulfide) groups is 2. The summed E-state index contributed by atoms with van der Waals surface area (Å²) in [5.41, 5.74) is 1.65. The topological polar surface area (TPSA) is 92.8 Å². The third-order valence-corrected chi connectivity index (χ3v) is 10.1. The normalized spacial score (nSPS) is 17.7. The number of nitrogens with zero attached hydrogens (tertiary/aromatic N) is 1. The second kappa shape index (κ2) is 13.0. The van der Waals surface area contributed by atoms with Crippen molar-refractivity contribution < 1.29 is 23.9 Å². The van der Waals surface area contributed by atoms with Crippen molar-refractivity contribution in [1.29, 1.82) is 0 Å². The van der Waals surface area contributed by atoms with Crippen LogP contribution in [0, 0.1) is 0 Å². The highest BCUT2D eigenvalue weighted by molar-refractivity contribution is 8.14.